The minimum atomic E-state index is -0.986. The summed E-state index contributed by atoms with van der Waals surface area (Å²) in [6.07, 6.45) is 0.703. The summed E-state index contributed by atoms with van der Waals surface area (Å²) < 4.78 is 6.36. The number of anilines is 3. The standard InChI is InChI=1S/C27H32N6O4/c1-4-28-26-29-18-22-24(30-26)31(2)15-16-33(25(22)34)20-11-8-12-21(17-20)37-23(13-14-32(3)27(35)36)19-9-6-5-7-10-19/h5-12,17-18,23H,4,13-16H2,1-3H3,(H,35,36)(H,28,29,30). The molecule has 1 aliphatic heterocycles. The fraction of sp³-hybridized carbons (Fsp3) is 0.333. The van der Waals surface area contributed by atoms with Gasteiger partial charge in [-0.2, -0.15) is 4.98 Å². The number of nitrogens with zero attached hydrogens (tertiary/aromatic N) is 5. The minimum absolute atomic E-state index is 0.178. The van der Waals surface area contributed by atoms with Crippen molar-refractivity contribution in [3.63, 3.8) is 0 Å². The fourth-order valence-electron chi connectivity index (χ4n) is 4.16. The predicted molar refractivity (Wildman–Crippen MR) is 143 cm³/mol. The SMILES string of the molecule is CCNc1ncc2c(n1)N(C)CCN(c1cccc(OC(CCN(C)C(=O)O)c3ccccc3)c1)C2=O. The van der Waals surface area contributed by atoms with Gasteiger partial charge in [0, 0.05) is 64.6 Å². The number of likely N-dealkylation sites (N-methyl/N-ethyl adjacent to an activating group) is 1. The van der Waals surface area contributed by atoms with Crippen LogP contribution in [0.3, 0.4) is 0 Å². The maximum Gasteiger partial charge on any atom is 0.407 e. The van der Waals surface area contributed by atoms with Crippen molar-refractivity contribution in [2.24, 2.45) is 0 Å². The molecular formula is C27H32N6O4. The number of benzene rings is 2. The zero-order chi connectivity index (χ0) is 26.4. The molecule has 0 spiro atoms. The Morgan fingerprint density at radius 1 is 1.19 bits per heavy atom. The Bertz CT molecular complexity index is 1240. The maximum atomic E-state index is 13.5. The molecule has 1 unspecified atom stereocenters. The number of hydrogen-bond acceptors (Lipinski definition) is 7. The molecule has 2 N–H and O–H groups in total. The Kier molecular flexibility index (Phi) is 8.07. The van der Waals surface area contributed by atoms with E-state index >= 15 is 0 Å². The van der Waals surface area contributed by atoms with Gasteiger partial charge < -0.3 is 29.9 Å². The molecule has 3 aromatic rings. The molecule has 0 radical (unpaired) electrons. The van der Waals surface area contributed by atoms with Crippen molar-refractivity contribution in [1.29, 1.82) is 0 Å². The van der Waals surface area contributed by atoms with Gasteiger partial charge in [-0.1, -0.05) is 36.4 Å². The van der Waals surface area contributed by atoms with Gasteiger partial charge in [0.2, 0.25) is 5.95 Å². The number of aromatic nitrogens is 2. The second-order valence-corrected chi connectivity index (χ2v) is 8.85. The van der Waals surface area contributed by atoms with E-state index in [1.165, 1.54) is 11.9 Å². The molecular weight excluding hydrogens is 472 g/mol. The summed E-state index contributed by atoms with van der Waals surface area (Å²) in [5, 5.41) is 12.3. The van der Waals surface area contributed by atoms with E-state index in [9.17, 15) is 14.7 Å². The number of hydrogen-bond donors (Lipinski definition) is 2. The number of carboxylic acid groups (broad SMARTS) is 1. The fourth-order valence-corrected chi connectivity index (χ4v) is 4.16. The highest BCUT2D eigenvalue weighted by molar-refractivity contribution is 6.09. The Morgan fingerprint density at radius 2 is 1.97 bits per heavy atom. The van der Waals surface area contributed by atoms with Crippen LogP contribution in [0.5, 0.6) is 5.75 Å². The highest BCUT2D eigenvalue weighted by Crippen LogP contribution is 2.31. The van der Waals surface area contributed by atoms with Gasteiger partial charge in [-0.15, -0.1) is 0 Å². The van der Waals surface area contributed by atoms with E-state index in [1.54, 1.807) is 11.1 Å². The molecule has 2 amide bonds. The van der Waals surface area contributed by atoms with E-state index in [-0.39, 0.29) is 12.0 Å². The Morgan fingerprint density at radius 3 is 2.70 bits per heavy atom. The number of amides is 2. The smallest absolute Gasteiger partial charge is 0.407 e. The Labute approximate surface area is 216 Å². The van der Waals surface area contributed by atoms with Gasteiger partial charge in [0.05, 0.1) is 0 Å². The first kappa shape index (κ1) is 25.7. The first-order valence-electron chi connectivity index (χ1n) is 12.3. The first-order chi connectivity index (χ1) is 17.9. The van der Waals surface area contributed by atoms with Crippen molar-refractivity contribution >= 4 is 29.5 Å². The summed E-state index contributed by atoms with van der Waals surface area (Å²) in [4.78, 5) is 38.6. The Hall–Kier alpha value is -4.34. The molecule has 194 valence electrons. The van der Waals surface area contributed by atoms with Crippen molar-refractivity contribution in [3.8, 4) is 5.75 Å². The van der Waals surface area contributed by atoms with Crippen molar-refractivity contribution in [3.05, 3.63) is 71.9 Å². The van der Waals surface area contributed by atoms with Crippen LogP contribution in [-0.2, 0) is 0 Å². The van der Waals surface area contributed by atoms with Gasteiger partial charge in [-0.3, -0.25) is 4.79 Å². The summed E-state index contributed by atoms with van der Waals surface area (Å²) in [6.45, 7) is 4.04. The second-order valence-electron chi connectivity index (χ2n) is 8.85. The van der Waals surface area contributed by atoms with Gasteiger partial charge in [-0.05, 0) is 24.6 Å². The maximum absolute atomic E-state index is 13.5. The quantitative estimate of drug-likeness (QED) is 0.448. The number of nitrogens with one attached hydrogen (secondary N) is 1. The van der Waals surface area contributed by atoms with Crippen molar-refractivity contribution in [1.82, 2.24) is 14.9 Å². The Balaban J connectivity index is 1.58. The third-order valence-corrected chi connectivity index (χ3v) is 6.23. The third-order valence-electron chi connectivity index (χ3n) is 6.23. The lowest BCUT2D eigenvalue weighted by Gasteiger charge is -2.24. The highest BCUT2D eigenvalue weighted by Gasteiger charge is 2.28. The molecule has 0 bridgehead atoms. The number of rotatable bonds is 9. The molecule has 0 fully saturated rings. The van der Waals surface area contributed by atoms with Gasteiger partial charge >= 0.3 is 6.09 Å². The molecule has 4 rings (SSSR count). The van der Waals surface area contributed by atoms with E-state index in [2.05, 4.69) is 15.3 Å². The second kappa shape index (κ2) is 11.6. The van der Waals surface area contributed by atoms with Crippen LogP contribution in [0.4, 0.5) is 22.2 Å². The van der Waals surface area contributed by atoms with Crippen molar-refractivity contribution in [2.75, 3.05) is 55.4 Å². The number of fused-ring (bicyclic) bond motifs is 1. The molecule has 10 nitrogen and oxygen atoms in total. The molecule has 1 atom stereocenters. The van der Waals surface area contributed by atoms with Crippen molar-refractivity contribution < 1.29 is 19.4 Å². The van der Waals surface area contributed by atoms with Crippen molar-refractivity contribution in [2.45, 2.75) is 19.4 Å². The van der Waals surface area contributed by atoms with Crippen LogP contribution < -0.4 is 19.9 Å². The lowest BCUT2D eigenvalue weighted by atomic mass is 10.1. The van der Waals surface area contributed by atoms with E-state index in [0.717, 1.165) is 5.56 Å². The zero-order valence-corrected chi connectivity index (χ0v) is 21.3. The third kappa shape index (κ3) is 6.08. The molecule has 1 aliphatic rings. The van der Waals surface area contributed by atoms with Crippen LogP contribution >= 0.6 is 0 Å². The molecule has 10 heteroatoms. The largest absolute Gasteiger partial charge is 0.486 e. The monoisotopic (exact) mass is 504 g/mol. The number of ether oxygens (including phenoxy) is 1. The molecule has 0 aliphatic carbocycles. The van der Waals surface area contributed by atoms with Crippen LogP contribution in [0.2, 0.25) is 0 Å². The molecule has 0 saturated carbocycles. The van der Waals surface area contributed by atoms with Gasteiger partial charge in [0.1, 0.15) is 23.2 Å². The number of carbonyl (C=O) groups is 2. The average molecular weight is 505 g/mol. The molecule has 2 heterocycles. The minimum Gasteiger partial charge on any atom is -0.486 e. The normalized spacial score (nSPS) is 14.0. The van der Waals surface area contributed by atoms with Crippen LogP contribution in [0.1, 0.15) is 35.4 Å². The van der Waals surface area contributed by atoms with E-state index < -0.39 is 6.09 Å². The first-order valence-corrected chi connectivity index (χ1v) is 12.3. The van der Waals surface area contributed by atoms with Gasteiger partial charge in [0.15, 0.2) is 0 Å². The molecule has 0 saturated heterocycles. The summed E-state index contributed by atoms with van der Waals surface area (Å²) in [5.41, 5.74) is 2.09. The van der Waals surface area contributed by atoms with Gasteiger partial charge in [-0.25, -0.2) is 9.78 Å². The van der Waals surface area contributed by atoms with Crippen LogP contribution in [0.25, 0.3) is 0 Å². The topological polar surface area (TPSA) is 111 Å². The molecule has 37 heavy (non-hydrogen) atoms. The van der Waals surface area contributed by atoms with Gasteiger partial charge in [0.25, 0.3) is 5.91 Å². The average Bonchev–Trinajstić information content (AvgIpc) is 3.03. The number of carbonyl (C=O) groups excluding carboxylic acids is 1. The van der Waals surface area contributed by atoms with Crippen LogP contribution in [0, 0.1) is 0 Å². The molecule has 1 aromatic heterocycles. The molecule has 2 aromatic carbocycles. The lowest BCUT2D eigenvalue weighted by Crippen LogP contribution is -2.33. The van der Waals surface area contributed by atoms with E-state index in [4.69, 9.17) is 4.74 Å². The van der Waals surface area contributed by atoms with Crippen LogP contribution in [-0.4, -0.2) is 72.2 Å². The zero-order valence-electron chi connectivity index (χ0n) is 21.3. The van der Waals surface area contributed by atoms with E-state index in [0.29, 0.717) is 61.4 Å². The lowest BCUT2D eigenvalue weighted by molar-refractivity contribution is 0.0989. The summed E-state index contributed by atoms with van der Waals surface area (Å²) >= 11 is 0. The summed E-state index contributed by atoms with van der Waals surface area (Å²) in [7, 11) is 3.45. The summed E-state index contributed by atoms with van der Waals surface area (Å²) in [6, 6.07) is 17.1. The van der Waals surface area contributed by atoms with Crippen LogP contribution in [0.15, 0.2) is 60.8 Å². The highest BCUT2D eigenvalue weighted by atomic mass is 16.5. The predicted octanol–water partition coefficient (Wildman–Crippen LogP) is 4.13. The van der Waals surface area contributed by atoms with E-state index in [1.807, 2.05) is 73.5 Å². The summed E-state index contributed by atoms with van der Waals surface area (Å²) in [5.74, 6) is 1.50.